The fourth-order valence-electron chi connectivity index (χ4n) is 1.85. The molecule has 1 N–H and O–H groups in total. The second-order valence-corrected chi connectivity index (χ2v) is 4.25. The molecule has 0 saturated heterocycles. The van der Waals surface area contributed by atoms with Crippen molar-refractivity contribution in [1.29, 1.82) is 0 Å². The number of nitrogens with one attached hydrogen (secondary N) is 1. The second kappa shape index (κ2) is 4.53. The van der Waals surface area contributed by atoms with E-state index in [1.165, 1.54) is 0 Å². The van der Waals surface area contributed by atoms with E-state index < -0.39 is 0 Å². The minimum Gasteiger partial charge on any atom is -0.306 e. The monoisotopic (exact) mass is 252 g/mol. The zero-order valence-corrected chi connectivity index (χ0v) is 10.4. The molecule has 0 aliphatic heterocycles. The number of carbonyl (C=O) groups excluding carboxylic acids is 1. The van der Waals surface area contributed by atoms with Crippen LogP contribution in [0.2, 0.25) is 0 Å². The molecular formula is C14H12N4O. The van der Waals surface area contributed by atoms with Crippen molar-refractivity contribution in [2.45, 2.75) is 6.92 Å². The highest BCUT2D eigenvalue weighted by Crippen LogP contribution is 2.11. The van der Waals surface area contributed by atoms with Crippen LogP contribution in [0, 0.1) is 6.92 Å². The van der Waals surface area contributed by atoms with E-state index in [0.717, 1.165) is 5.56 Å². The highest BCUT2D eigenvalue weighted by atomic mass is 16.1. The molecule has 3 rings (SSSR count). The average molecular weight is 252 g/mol. The van der Waals surface area contributed by atoms with Gasteiger partial charge in [-0.2, -0.15) is 0 Å². The number of aromatic nitrogens is 3. The Hall–Kier alpha value is -2.69. The summed E-state index contributed by atoms with van der Waals surface area (Å²) in [6.45, 7) is 1.95. The Balaban J connectivity index is 1.92. The third-order valence-corrected chi connectivity index (χ3v) is 2.82. The van der Waals surface area contributed by atoms with Crippen molar-refractivity contribution in [3.8, 4) is 0 Å². The average Bonchev–Trinajstić information content (AvgIpc) is 2.89. The van der Waals surface area contributed by atoms with Crippen LogP contribution in [-0.4, -0.2) is 20.3 Å². The van der Waals surface area contributed by atoms with Gasteiger partial charge in [0.25, 0.3) is 5.91 Å². The summed E-state index contributed by atoms with van der Waals surface area (Å²) in [6.07, 6.45) is 7.03. The number of anilines is 1. The van der Waals surface area contributed by atoms with Crippen LogP contribution in [0.4, 0.5) is 5.82 Å². The Morgan fingerprint density at radius 3 is 2.89 bits per heavy atom. The van der Waals surface area contributed by atoms with E-state index in [4.69, 9.17) is 0 Å². The third kappa shape index (κ3) is 2.18. The minimum atomic E-state index is -0.215. The molecule has 0 unspecified atom stereocenters. The van der Waals surface area contributed by atoms with Gasteiger partial charge in [-0.3, -0.25) is 4.79 Å². The standard InChI is InChI=1S/C14H12N4O/c1-10-4-5-12(16-9-10)17-14(19)11-3-2-7-18-8-6-15-13(11)18/h2-9H,1H3,(H,16,17,19). The number of hydrogen-bond acceptors (Lipinski definition) is 3. The maximum Gasteiger partial charge on any atom is 0.260 e. The van der Waals surface area contributed by atoms with Gasteiger partial charge in [0, 0.05) is 24.8 Å². The fourth-order valence-corrected chi connectivity index (χ4v) is 1.85. The lowest BCUT2D eigenvalue weighted by atomic mass is 10.2. The summed E-state index contributed by atoms with van der Waals surface area (Å²) in [6, 6.07) is 7.23. The molecule has 19 heavy (non-hydrogen) atoms. The zero-order valence-electron chi connectivity index (χ0n) is 10.4. The molecule has 0 aromatic carbocycles. The van der Waals surface area contributed by atoms with Gasteiger partial charge in [-0.1, -0.05) is 6.07 Å². The zero-order chi connectivity index (χ0) is 13.2. The van der Waals surface area contributed by atoms with Gasteiger partial charge >= 0.3 is 0 Å². The van der Waals surface area contributed by atoms with Gasteiger partial charge in [-0.25, -0.2) is 9.97 Å². The molecular weight excluding hydrogens is 240 g/mol. The quantitative estimate of drug-likeness (QED) is 0.761. The highest BCUT2D eigenvalue weighted by Gasteiger charge is 2.11. The van der Waals surface area contributed by atoms with Gasteiger partial charge in [-0.15, -0.1) is 0 Å². The Labute approximate surface area is 109 Å². The Morgan fingerprint density at radius 1 is 1.21 bits per heavy atom. The fraction of sp³-hybridized carbons (Fsp3) is 0.0714. The van der Waals surface area contributed by atoms with Crippen molar-refractivity contribution in [2.75, 3.05) is 5.32 Å². The summed E-state index contributed by atoms with van der Waals surface area (Å²) in [7, 11) is 0. The number of carbonyl (C=O) groups is 1. The van der Waals surface area contributed by atoms with E-state index in [0.29, 0.717) is 17.0 Å². The van der Waals surface area contributed by atoms with Crippen molar-refractivity contribution >= 4 is 17.4 Å². The molecule has 5 nitrogen and oxygen atoms in total. The van der Waals surface area contributed by atoms with Crippen LogP contribution in [0.25, 0.3) is 5.65 Å². The van der Waals surface area contributed by atoms with Gasteiger partial charge < -0.3 is 9.72 Å². The number of imidazole rings is 1. The largest absolute Gasteiger partial charge is 0.306 e. The first kappa shape index (κ1) is 11.4. The number of aryl methyl sites for hydroxylation is 1. The van der Waals surface area contributed by atoms with Crippen molar-refractivity contribution in [1.82, 2.24) is 14.4 Å². The smallest absolute Gasteiger partial charge is 0.260 e. The maximum atomic E-state index is 12.2. The summed E-state index contributed by atoms with van der Waals surface area (Å²) in [5.74, 6) is 0.317. The summed E-state index contributed by atoms with van der Waals surface area (Å²) in [4.78, 5) is 20.5. The lowest BCUT2D eigenvalue weighted by Gasteiger charge is -2.05. The van der Waals surface area contributed by atoms with Crippen LogP contribution in [0.1, 0.15) is 15.9 Å². The Bertz CT molecular complexity index is 731. The summed E-state index contributed by atoms with van der Waals surface area (Å²) < 4.78 is 1.80. The van der Waals surface area contributed by atoms with E-state index in [-0.39, 0.29) is 5.91 Å². The van der Waals surface area contributed by atoms with Crippen LogP contribution < -0.4 is 5.32 Å². The normalized spacial score (nSPS) is 10.6. The SMILES string of the molecule is Cc1ccc(NC(=O)c2cccn3ccnc23)nc1. The summed E-state index contributed by atoms with van der Waals surface area (Å²) in [5, 5.41) is 2.76. The van der Waals surface area contributed by atoms with E-state index in [2.05, 4.69) is 15.3 Å². The van der Waals surface area contributed by atoms with Gasteiger partial charge in [0.05, 0.1) is 5.56 Å². The first-order valence-corrected chi connectivity index (χ1v) is 5.90. The van der Waals surface area contributed by atoms with Crippen molar-refractivity contribution in [3.05, 3.63) is 60.2 Å². The van der Waals surface area contributed by atoms with Crippen molar-refractivity contribution in [2.24, 2.45) is 0 Å². The van der Waals surface area contributed by atoms with Gasteiger partial charge in [0.15, 0.2) is 0 Å². The van der Waals surface area contributed by atoms with Crippen LogP contribution in [0.3, 0.4) is 0 Å². The molecule has 3 heterocycles. The summed E-state index contributed by atoms with van der Waals surface area (Å²) in [5.41, 5.74) is 2.20. The molecule has 3 aromatic rings. The van der Waals surface area contributed by atoms with Gasteiger partial charge in [-0.05, 0) is 30.7 Å². The number of nitrogens with zero attached hydrogens (tertiary/aromatic N) is 3. The van der Waals surface area contributed by atoms with Crippen LogP contribution in [-0.2, 0) is 0 Å². The minimum absolute atomic E-state index is 0.215. The number of hydrogen-bond donors (Lipinski definition) is 1. The predicted molar refractivity (Wildman–Crippen MR) is 72.1 cm³/mol. The first-order valence-electron chi connectivity index (χ1n) is 5.90. The third-order valence-electron chi connectivity index (χ3n) is 2.82. The molecule has 0 fully saturated rings. The van der Waals surface area contributed by atoms with E-state index in [9.17, 15) is 4.79 Å². The lowest BCUT2D eigenvalue weighted by molar-refractivity contribution is 0.102. The lowest BCUT2D eigenvalue weighted by Crippen LogP contribution is -2.14. The maximum absolute atomic E-state index is 12.2. The van der Waals surface area contributed by atoms with Crippen LogP contribution in [0.5, 0.6) is 0 Å². The molecule has 94 valence electrons. The summed E-state index contributed by atoms with van der Waals surface area (Å²) >= 11 is 0. The van der Waals surface area contributed by atoms with E-state index in [1.807, 2.05) is 25.3 Å². The number of rotatable bonds is 2. The Kier molecular flexibility index (Phi) is 2.72. The molecule has 0 atom stereocenters. The molecule has 0 bridgehead atoms. The Morgan fingerprint density at radius 2 is 2.11 bits per heavy atom. The molecule has 0 saturated carbocycles. The van der Waals surface area contributed by atoms with Crippen LogP contribution in [0.15, 0.2) is 49.1 Å². The molecule has 0 aliphatic rings. The van der Waals surface area contributed by atoms with Gasteiger partial charge in [0.1, 0.15) is 11.5 Å². The molecule has 3 aromatic heterocycles. The molecule has 5 heteroatoms. The number of pyridine rings is 2. The number of fused-ring (bicyclic) bond motifs is 1. The molecule has 0 radical (unpaired) electrons. The van der Waals surface area contributed by atoms with Gasteiger partial charge in [0.2, 0.25) is 0 Å². The van der Waals surface area contributed by atoms with Crippen LogP contribution >= 0.6 is 0 Å². The second-order valence-electron chi connectivity index (χ2n) is 4.25. The molecule has 0 spiro atoms. The topological polar surface area (TPSA) is 59.3 Å². The van der Waals surface area contributed by atoms with E-state index in [1.54, 1.807) is 35.1 Å². The van der Waals surface area contributed by atoms with Crippen molar-refractivity contribution in [3.63, 3.8) is 0 Å². The molecule has 1 amide bonds. The number of amides is 1. The predicted octanol–water partition coefficient (Wildman–Crippen LogP) is 2.29. The van der Waals surface area contributed by atoms with E-state index >= 15 is 0 Å². The highest BCUT2D eigenvalue weighted by molar-refractivity contribution is 6.07. The molecule has 0 aliphatic carbocycles. The van der Waals surface area contributed by atoms with Crippen molar-refractivity contribution < 1.29 is 4.79 Å². The first-order chi connectivity index (χ1) is 9.24.